The molecular weight excluding hydrogens is 324 g/mol. The van der Waals surface area contributed by atoms with E-state index in [1.165, 1.54) is 11.8 Å². The largest absolute Gasteiger partial charge is 0.300 e. The van der Waals surface area contributed by atoms with E-state index in [0.717, 1.165) is 17.0 Å². The van der Waals surface area contributed by atoms with Crippen LogP contribution in [0.4, 0.5) is 14.5 Å². The first-order valence-corrected chi connectivity index (χ1v) is 8.23. The lowest BCUT2D eigenvalue weighted by atomic mass is 10.3. The number of thioether (sulfide) groups is 1. The molecule has 2 aromatic rings. The van der Waals surface area contributed by atoms with E-state index in [0.29, 0.717) is 16.8 Å². The van der Waals surface area contributed by atoms with Crippen molar-refractivity contribution in [3.8, 4) is 0 Å². The average Bonchev–Trinajstić information content (AvgIpc) is 2.38. The van der Waals surface area contributed by atoms with Crippen molar-refractivity contribution in [2.45, 2.75) is 9.79 Å². The van der Waals surface area contributed by atoms with Crippen LogP contribution in [0.3, 0.4) is 0 Å². The molecule has 1 atom stereocenters. The van der Waals surface area contributed by atoms with Gasteiger partial charge >= 0.3 is 0 Å². The fourth-order valence-electron chi connectivity index (χ4n) is 1.54. The van der Waals surface area contributed by atoms with Gasteiger partial charge in [0.2, 0.25) is 0 Å². The Hall–Kier alpha value is -1.11. The summed E-state index contributed by atoms with van der Waals surface area (Å²) in [4.78, 5) is 0.712. The van der Waals surface area contributed by atoms with Gasteiger partial charge in [-0.05, 0) is 36.6 Å². The zero-order valence-electron chi connectivity index (χ0n) is 10.3. The molecule has 106 valence electrons. The highest BCUT2D eigenvalue weighted by Crippen LogP contribution is 2.29. The summed E-state index contributed by atoms with van der Waals surface area (Å²) < 4.78 is 41.2. The molecule has 2 nitrogen and oxygen atoms in total. The molecule has 1 unspecified atom stereocenters. The summed E-state index contributed by atoms with van der Waals surface area (Å²) in [6.45, 7) is 0. The molecule has 0 fully saturated rings. The van der Waals surface area contributed by atoms with E-state index in [1.54, 1.807) is 18.2 Å². The molecule has 0 bridgehead atoms. The molecule has 0 aliphatic rings. The van der Waals surface area contributed by atoms with Crippen LogP contribution in [0.2, 0.25) is 5.02 Å². The van der Waals surface area contributed by atoms with Crippen molar-refractivity contribution in [3.63, 3.8) is 0 Å². The minimum atomic E-state index is -1.84. The Bertz CT molecular complexity index is 667. The van der Waals surface area contributed by atoms with Gasteiger partial charge in [-0.15, -0.1) is 11.8 Å². The molecule has 0 aliphatic carbocycles. The maximum atomic E-state index is 13.6. The SMILES string of the molecule is CSc1ccc(Cl)cc1NS(=O)c1ccc(F)cc1F. The number of rotatable bonds is 4. The number of hydrogen-bond acceptors (Lipinski definition) is 2. The topological polar surface area (TPSA) is 29.1 Å². The predicted molar refractivity (Wildman–Crippen MR) is 79.6 cm³/mol. The van der Waals surface area contributed by atoms with Gasteiger partial charge in [-0.2, -0.15) is 0 Å². The van der Waals surface area contributed by atoms with Crippen molar-refractivity contribution < 1.29 is 13.0 Å². The van der Waals surface area contributed by atoms with Gasteiger partial charge in [0, 0.05) is 16.0 Å². The van der Waals surface area contributed by atoms with Gasteiger partial charge in [-0.1, -0.05) is 11.6 Å². The van der Waals surface area contributed by atoms with Crippen LogP contribution in [-0.2, 0) is 11.0 Å². The molecule has 1 N–H and O–H groups in total. The minimum Gasteiger partial charge on any atom is -0.300 e. The zero-order chi connectivity index (χ0) is 14.7. The Labute approximate surface area is 127 Å². The van der Waals surface area contributed by atoms with Crippen molar-refractivity contribution in [2.24, 2.45) is 0 Å². The molecule has 0 spiro atoms. The molecular formula is C13H10ClF2NOS2. The van der Waals surface area contributed by atoms with Crippen molar-refractivity contribution in [1.29, 1.82) is 0 Å². The third-order valence-electron chi connectivity index (χ3n) is 2.46. The van der Waals surface area contributed by atoms with E-state index < -0.39 is 22.6 Å². The van der Waals surface area contributed by atoms with Gasteiger partial charge in [-0.25, -0.2) is 13.0 Å². The standard InChI is InChI=1S/C13H10ClF2NOS2/c1-19-12-4-2-8(14)6-11(12)17-20(18)13-5-3-9(15)7-10(13)16/h2-7,17H,1H3. The van der Waals surface area contributed by atoms with Gasteiger partial charge in [0.25, 0.3) is 0 Å². The second kappa shape index (κ2) is 6.56. The Balaban J connectivity index is 2.30. The lowest BCUT2D eigenvalue weighted by Gasteiger charge is -2.11. The van der Waals surface area contributed by atoms with Crippen LogP contribution in [0, 0.1) is 11.6 Å². The zero-order valence-corrected chi connectivity index (χ0v) is 12.7. The van der Waals surface area contributed by atoms with Crippen molar-refractivity contribution in [1.82, 2.24) is 0 Å². The average molecular weight is 334 g/mol. The number of anilines is 1. The fourth-order valence-corrected chi connectivity index (χ4v) is 3.22. The van der Waals surface area contributed by atoms with Gasteiger partial charge < -0.3 is 0 Å². The number of nitrogens with one attached hydrogen (secondary N) is 1. The lowest BCUT2D eigenvalue weighted by molar-refractivity contribution is 0.562. The third-order valence-corrected chi connectivity index (χ3v) is 4.62. The quantitative estimate of drug-likeness (QED) is 0.836. The highest BCUT2D eigenvalue weighted by Gasteiger charge is 2.13. The van der Waals surface area contributed by atoms with Crippen LogP contribution >= 0.6 is 23.4 Å². The monoisotopic (exact) mass is 333 g/mol. The molecule has 0 aliphatic heterocycles. The molecule has 2 rings (SSSR count). The van der Waals surface area contributed by atoms with E-state index in [1.807, 2.05) is 6.26 Å². The van der Waals surface area contributed by atoms with Crippen molar-refractivity contribution >= 4 is 40.0 Å². The molecule has 0 saturated carbocycles. The lowest BCUT2D eigenvalue weighted by Crippen LogP contribution is -2.07. The molecule has 0 heterocycles. The Morgan fingerprint density at radius 1 is 1.20 bits per heavy atom. The van der Waals surface area contributed by atoms with Crippen molar-refractivity contribution in [2.75, 3.05) is 11.0 Å². The molecule has 0 saturated heterocycles. The Kier molecular flexibility index (Phi) is 5.01. The summed E-state index contributed by atoms with van der Waals surface area (Å²) >= 11 is 7.32. The molecule has 0 amide bonds. The second-order valence-electron chi connectivity index (χ2n) is 3.79. The van der Waals surface area contributed by atoms with Gasteiger partial charge in [0.1, 0.15) is 11.6 Å². The number of benzene rings is 2. The van der Waals surface area contributed by atoms with Crippen LogP contribution in [0.15, 0.2) is 46.2 Å². The smallest absolute Gasteiger partial charge is 0.153 e. The van der Waals surface area contributed by atoms with Gasteiger partial charge in [0.15, 0.2) is 11.0 Å². The molecule has 20 heavy (non-hydrogen) atoms. The van der Waals surface area contributed by atoms with E-state index >= 15 is 0 Å². The summed E-state index contributed by atoms with van der Waals surface area (Å²) in [5.74, 6) is -1.57. The number of halogens is 3. The predicted octanol–water partition coefficient (Wildman–Crippen LogP) is 4.47. The second-order valence-corrected chi connectivity index (χ2v) is 6.26. The molecule has 0 aromatic heterocycles. The first-order chi connectivity index (χ1) is 9.51. The first-order valence-electron chi connectivity index (χ1n) is 5.48. The summed E-state index contributed by atoms with van der Waals surface area (Å²) in [5.41, 5.74) is 0.534. The molecule has 0 radical (unpaired) electrons. The molecule has 7 heteroatoms. The minimum absolute atomic E-state index is 0.113. The normalized spacial score (nSPS) is 12.2. The maximum Gasteiger partial charge on any atom is 0.153 e. The van der Waals surface area contributed by atoms with Crippen LogP contribution in [0.5, 0.6) is 0 Å². The summed E-state index contributed by atoms with van der Waals surface area (Å²) in [6, 6.07) is 7.99. The number of hydrogen-bond donors (Lipinski definition) is 1. The third kappa shape index (κ3) is 3.50. The highest BCUT2D eigenvalue weighted by molar-refractivity contribution is 7.98. The van der Waals surface area contributed by atoms with Crippen molar-refractivity contribution in [3.05, 3.63) is 53.1 Å². The van der Waals surface area contributed by atoms with E-state index in [2.05, 4.69) is 4.72 Å². The van der Waals surface area contributed by atoms with Crippen LogP contribution in [0.25, 0.3) is 0 Å². The van der Waals surface area contributed by atoms with E-state index in [4.69, 9.17) is 11.6 Å². The highest BCUT2D eigenvalue weighted by atomic mass is 35.5. The summed E-state index contributed by atoms with van der Waals surface area (Å²) in [6.07, 6.45) is 1.86. The van der Waals surface area contributed by atoms with Gasteiger partial charge in [0.05, 0.1) is 10.6 Å². The van der Waals surface area contributed by atoms with Crippen LogP contribution in [0.1, 0.15) is 0 Å². The van der Waals surface area contributed by atoms with Crippen LogP contribution in [-0.4, -0.2) is 10.5 Å². The fraction of sp³-hybridized carbons (Fsp3) is 0.0769. The summed E-state index contributed by atoms with van der Waals surface area (Å²) in [7, 11) is -1.84. The van der Waals surface area contributed by atoms with E-state index in [-0.39, 0.29) is 4.90 Å². The van der Waals surface area contributed by atoms with Crippen LogP contribution < -0.4 is 4.72 Å². The summed E-state index contributed by atoms with van der Waals surface area (Å²) in [5, 5.41) is 0.474. The maximum absolute atomic E-state index is 13.6. The Morgan fingerprint density at radius 3 is 2.60 bits per heavy atom. The van der Waals surface area contributed by atoms with E-state index in [9.17, 15) is 13.0 Å². The Morgan fingerprint density at radius 2 is 1.95 bits per heavy atom. The first kappa shape index (κ1) is 15.3. The molecule has 2 aromatic carbocycles. The van der Waals surface area contributed by atoms with Gasteiger partial charge in [-0.3, -0.25) is 4.72 Å².